The molecule has 7 aromatic rings. The SMILES string of the molecule is CCCCc1ccc2sc3c4cc5ccc6c7cc(CCCC)ccc7sc6c5cc4ccc3c2c1. The van der Waals surface area contributed by atoms with Crippen molar-refractivity contribution in [2.45, 2.75) is 52.4 Å². The minimum absolute atomic E-state index is 1.17. The molecule has 0 N–H and O–H groups in total. The third-order valence-electron chi connectivity index (χ3n) is 7.79. The second-order valence-electron chi connectivity index (χ2n) is 10.3. The van der Waals surface area contributed by atoms with Crippen molar-refractivity contribution in [3.63, 3.8) is 0 Å². The van der Waals surface area contributed by atoms with Gasteiger partial charge in [-0.1, -0.05) is 63.1 Å². The molecular formula is C34H30S2. The Labute approximate surface area is 220 Å². The molecule has 0 saturated carbocycles. The second kappa shape index (κ2) is 8.87. The number of hydrogen-bond acceptors (Lipinski definition) is 2. The molecule has 0 fully saturated rings. The van der Waals surface area contributed by atoms with Crippen molar-refractivity contribution in [2.75, 3.05) is 0 Å². The molecule has 0 unspecified atom stereocenters. The van der Waals surface area contributed by atoms with Gasteiger partial charge in [0.25, 0.3) is 0 Å². The average molecular weight is 503 g/mol. The molecule has 0 amide bonds. The topological polar surface area (TPSA) is 0 Å². The maximum Gasteiger partial charge on any atom is 0.0434 e. The summed E-state index contributed by atoms with van der Waals surface area (Å²) in [7, 11) is 0. The van der Waals surface area contributed by atoms with Gasteiger partial charge in [-0.15, -0.1) is 22.7 Å². The minimum atomic E-state index is 1.17. The van der Waals surface area contributed by atoms with Crippen LogP contribution in [0.4, 0.5) is 0 Å². The van der Waals surface area contributed by atoms with Crippen LogP contribution >= 0.6 is 22.7 Å². The van der Waals surface area contributed by atoms with Gasteiger partial charge in [-0.2, -0.15) is 0 Å². The lowest BCUT2D eigenvalue weighted by Gasteiger charge is -2.06. The Kier molecular flexibility index (Phi) is 5.49. The first-order valence-corrected chi connectivity index (χ1v) is 15.0. The van der Waals surface area contributed by atoms with Crippen molar-refractivity contribution in [1.82, 2.24) is 0 Å². The molecule has 0 radical (unpaired) electrons. The Hall–Kier alpha value is -2.94. The van der Waals surface area contributed by atoms with E-state index >= 15 is 0 Å². The number of benzene rings is 5. The number of hydrogen-bond donors (Lipinski definition) is 0. The van der Waals surface area contributed by atoms with Crippen LogP contribution < -0.4 is 0 Å². The fourth-order valence-corrected chi connectivity index (χ4v) is 8.20. The van der Waals surface area contributed by atoms with Gasteiger partial charge in [0.15, 0.2) is 0 Å². The van der Waals surface area contributed by atoms with Gasteiger partial charge >= 0.3 is 0 Å². The zero-order valence-electron chi connectivity index (χ0n) is 21.0. The van der Waals surface area contributed by atoms with Crippen molar-refractivity contribution < 1.29 is 0 Å². The molecule has 2 heteroatoms. The molecule has 0 nitrogen and oxygen atoms in total. The van der Waals surface area contributed by atoms with E-state index < -0.39 is 0 Å². The highest BCUT2D eigenvalue weighted by Gasteiger charge is 2.13. The van der Waals surface area contributed by atoms with Crippen molar-refractivity contribution in [3.05, 3.63) is 83.9 Å². The van der Waals surface area contributed by atoms with Gasteiger partial charge in [-0.05, 0) is 84.0 Å². The fraction of sp³-hybridized carbons (Fsp3) is 0.235. The van der Waals surface area contributed by atoms with E-state index in [-0.39, 0.29) is 0 Å². The summed E-state index contributed by atoms with van der Waals surface area (Å²) >= 11 is 3.90. The number of thiophene rings is 2. The van der Waals surface area contributed by atoms with Crippen LogP contribution in [-0.4, -0.2) is 0 Å². The van der Waals surface area contributed by atoms with Gasteiger partial charge in [0, 0.05) is 51.1 Å². The molecule has 2 aromatic heterocycles. The summed E-state index contributed by atoms with van der Waals surface area (Å²) in [6.45, 7) is 4.54. The van der Waals surface area contributed by atoms with E-state index in [1.54, 1.807) is 0 Å². The Morgan fingerprint density at radius 2 is 0.944 bits per heavy atom. The monoisotopic (exact) mass is 502 g/mol. The van der Waals surface area contributed by atoms with E-state index in [0.29, 0.717) is 0 Å². The van der Waals surface area contributed by atoms with E-state index in [0.717, 1.165) is 0 Å². The van der Waals surface area contributed by atoms with Gasteiger partial charge in [-0.25, -0.2) is 0 Å². The van der Waals surface area contributed by atoms with Gasteiger partial charge in [0.05, 0.1) is 0 Å². The summed E-state index contributed by atoms with van der Waals surface area (Å²) < 4.78 is 5.65. The van der Waals surface area contributed by atoms with Gasteiger partial charge in [-0.3, -0.25) is 0 Å². The Bertz CT molecular complexity index is 1770. The lowest BCUT2D eigenvalue weighted by Crippen LogP contribution is -1.83. The minimum Gasteiger partial charge on any atom is -0.135 e. The third kappa shape index (κ3) is 3.54. The van der Waals surface area contributed by atoms with Crippen LogP contribution in [0.5, 0.6) is 0 Å². The molecule has 7 rings (SSSR count). The van der Waals surface area contributed by atoms with Crippen LogP contribution in [0.3, 0.4) is 0 Å². The van der Waals surface area contributed by atoms with Crippen molar-refractivity contribution in [3.8, 4) is 0 Å². The summed E-state index contributed by atoms with van der Waals surface area (Å²) in [6.07, 6.45) is 7.35. The number of aryl methyl sites for hydroxylation is 2. The summed E-state index contributed by atoms with van der Waals surface area (Å²) in [5.74, 6) is 0. The standard InChI is InChI=1S/C34H30S2/c1-3-5-7-21-9-15-31-29(17-21)25-13-11-23-20-28-24(19-27(23)33(25)35-31)12-14-26-30-18-22(8-6-4-2)10-16-32(30)36-34(26)28/h9-20H,3-8H2,1-2H3. The maximum absolute atomic E-state index is 2.44. The van der Waals surface area contributed by atoms with Gasteiger partial charge in [0.1, 0.15) is 0 Å². The molecule has 5 aromatic carbocycles. The summed E-state index contributed by atoms with van der Waals surface area (Å²) in [5, 5.41) is 11.1. The van der Waals surface area contributed by atoms with Gasteiger partial charge in [0.2, 0.25) is 0 Å². The Morgan fingerprint density at radius 3 is 1.39 bits per heavy atom. The predicted octanol–water partition coefficient (Wildman–Crippen LogP) is 11.4. The molecule has 36 heavy (non-hydrogen) atoms. The summed E-state index contributed by atoms with van der Waals surface area (Å²) in [5.41, 5.74) is 2.93. The largest absolute Gasteiger partial charge is 0.135 e. The predicted molar refractivity (Wildman–Crippen MR) is 164 cm³/mol. The van der Waals surface area contributed by atoms with Crippen molar-refractivity contribution >= 4 is 84.6 Å². The van der Waals surface area contributed by atoms with Crippen LogP contribution in [0.1, 0.15) is 50.7 Å². The van der Waals surface area contributed by atoms with E-state index in [2.05, 4.69) is 86.6 Å². The lowest BCUT2D eigenvalue weighted by atomic mass is 9.98. The fourth-order valence-electron chi connectivity index (χ4n) is 5.78. The zero-order valence-corrected chi connectivity index (χ0v) is 22.6. The second-order valence-corrected chi connectivity index (χ2v) is 12.4. The molecule has 0 aliphatic heterocycles. The highest BCUT2D eigenvalue weighted by molar-refractivity contribution is 7.27. The smallest absolute Gasteiger partial charge is 0.0434 e. The molecule has 0 spiro atoms. The first-order chi connectivity index (χ1) is 17.7. The molecule has 0 aliphatic rings. The van der Waals surface area contributed by atoms with Crippen LogP contribution in [0.25, 0.3) is 61.9 Å². The van der Waals surface area contributed by atoms with E-state index in [9.17, 15) is 0 Å². The number of fused-ring (bicyclic) bond motifs is 10. The van der Waals surface area contributed by atoms with E-state index in [1.165, 1.54) is 112 Å². The quantitative estimate of drug-likeness (QED) is 0.198. The molecule has 2 heterocycles. The van der Waals surface area contributed by atoms with Crippen LogP contribution in [0, 0.1) is 0 Å². The maximum atomic E-state index is 2.44. The van der Waals surface area contributed by atoms with Crippen LogP contribution in [-0.2, 0) is 12.8 Å². The first-order valence-electron chi connectivity index (χ1n) is 13.4. The molecule has 0 aliphatic carbocycles. The van der Waals surface area contributed by atoms with E-state index in [4.69, 9.17) is 0 Å². The molecule has 178 valence electrons. The number of rotatable bonds is 6. The normalized spacial score (nSPS) is 12.3. The molecule has 0 atom stereocenters. The van der Waals surface area contributed by atoms with E-state index in [1.807, 2.05) is 22.7 Å². The van der Waals surface area contributed by atoms with Gasteiger partial charge < -0.3 is 0 Å². The average Bonchev–Trinajstić information content (AvgIpc) is 3.47. The highest BCUT2D eigenvalue weighted by atomic mass is 32.1. The zero-order chi connectivity index (χ0) is 24.2. The van der Waals surface area contributed by atoms with Crippen LogP contribution in [0.2, 0.25) is 0 Å². The molecular weight excluding hydrogens is 473 g/mol. The highest BCUT2D eigenvalue weighted by Crippen LogP contribution is 2.43. The number of unbranched alkanes of at least 4 members (excludes halogenated alkanes) is 2. The summed E-state index contributed by atoms with van der Waals surface area (Å²) in [4.78, 5) is 0. The molecule has 0 bridgehead atoms. The first kappa shape index (κ1) is 22.3. The Morgan fingerprint density at radius 1 is 0.472 bits per heavy atom. The van der Waals surface area contributed by atoms with Crippen LogP contribution in [0.15, 0.2) is 72.8 Å². The van der Waals surface area contributed by atoms with Crippen molar-refractivity contribution in [2.24, 2.45) is 0 Å². The summed E-state index contributed by atoms with van der Waals surface area (Å²) in [6, 6.07) is 28.5. The Balaban J connectivity index is 1.43. The lowest BCUT2D eigenvalue weighted by molar-refractivity contribution is 0.796. The third-order valence-corrected chi connectivity index (χ3v) is 10.2. The van der Waals surface area contributed by atoms with Crippen molar-refractivity contribution in [1.29, 1.82) is 0 Å². The molecule has 0 saturated heterocycles.